The van der Waals surface area contributed by atoms with Gasteiger partial charge in [-0.15, -0.1) is 0 Å². The van der Waals surface area contributed by atoms with Crippen molar-refractivity contribution in [3.8, 4) is 0 Å². The summed E-state index contributed by atoms with van der Waals surface area (Å²) in [4.78, 5) is 26.9. The smallest absolute Gasteiger partial charge is 0.369 e. The number of nitrogens with zero attached hydrogens (tertiary/aromatic N) is 3. The molecule has 0 radical (unpaired) electrons. The summed E-state index contributed by atoms with van der Waals surface area (Å²) in [5.41, 5.74) is 0.452. The van der Waals surface area contributed by atoms with Gasteiger partial charge in [0.15, 0.2) is 0 Å². The number of anilines is 2. The van der Waals surface area contributed by atoms with Crippen molar-refractivity contribution in [2.45, 2.75) is 19.1 Å². The van der Waals surface area contributed by atoms with E-state index >= 15 is 0 Å². The maximum atomic E-state index is 12.6. The van der Waals surface area contributed by atoms with Gasteiger partial charge in [0.2, 0.25) is 5.91 Å². The topological polar surface area (TPSA) is 78.7 Å². The Morgan fingerprint density at radius 3 is 2.10 bits per heavy atom. The number of carbonyl (C=O) groups excluding carboxylic acids is 1. The number of benzene rings is 2. The van der Waals surface area contributed by atoms with Crippen molar-refractivity contribution in [2.24, 2.45) is 0 Å². The first-order chi connectivity index (χ1) is 14.1. The van der Waals surface area contributed by atoms with Crippen LogP contribution in [0, 0.1) is 10.1 Å². The average Bonchev–Trinajstić information content (AvgIpc) is 2.73. The summed E-state index contributed by atoms with van der Waals surface area (Å²) in [6.45, 7) is 4.27. The third kappa shape index (κ3) is 5.07. The minimum Gasteiger partial charge on any atom is -0.369 e. The fourth-order valence-electron chi connectivity index (χ4n) is 3.31. The maximum absolute atomic E-state index is 12.6. The summed E-state index contributed by atoms with van der Waals surface area (Å²) in [7, 11) is 0. The molecule has 7 nitrogen and oxygen atoms in total. The van der Waals surface area contributed by atoms with Crippen LogP contribution in [0.2, 0.25) is 0 Å². The van der Waals surface area contributed by atoms with E-state index in [-0.39, 0.29) is 11.6 Å². The monoisotopic (exact) mass is 422 g/mol. The third-order valence-electron chi connectivity index (χ3n) is 5.15. The predicted molar refractivity (Wildman–Crippen MR) is 106 cm³/mol. The van der Waals surface area contributed by atoms with Gasteiger partial charge in [0.1, 0.15) is 0 Å². The minimum atomic E-state index is -4.42. The SMILES string of the molecule is CC(C(=O)Nc1ccc(C(F)(F)F)cc1)N1CCN(c2ccc([N+](=O)[O-])cc2)CC1. The molecule has 1 heterocycles. The summed E-state index contributed by atoms with van der Waals surface area (Å²) in [5, 5.41) is 13.4. The normalized spacial score (nSPS) is 16.2. The number of hydrogen-bond donors (Lipinski definition) is 1. The summed E-state index contributed by atoms with van der Waals surface area (Å²) >= 11 is 0. The molecule has 30 heavy (non-hydrogen) atoms. The van der Waals surface area contributed by atoms with E-state index in [0.717, 1.165) is 17.8 Å². The first-order valence-electron chi connectivity index (χ1n) is 9.37. The van der Waals surface area contributed by atoms with E-state index in [1.165, 1.54) is 24.3 Å². The molecular formula is C20H21F3N4O3. The standard InChI is InChI=1S/C20H21F3N4O3/c1-14(19(28)24-16-4-2-15(3-5-16)20(21,22)23)25-10-12-26(13-11-25)17-6-8-18(9-7-17)27(29)30/h2-9,14H,10-13H2,1H3,(H,24,28). The molecule has 1 fully saturated rings. The van der Waals surface area contributed by atoms with Crippen molar-refractivity contribution in [2.75, 3.05) is 36.4 Å². The molecule has 1 unspecified atom stereocenters. The average molecular weight is 422 g/mol. The predicted octanol–water partition coefficient (Wildman–Crippen LogP) is 3.76. The number of non-ortho nitro benzene ring substituents is 1. The van der Waals surface area contributed by atoms with Gasteiger partial charge in [-0.25, -0.2) is 0 Å². The molecule has 3 rings (SSSR count). The molecule has 1 atom stereocenters. The highest BCUT2D eigenvalue weighted by molar-refractivity contribution is 5.94. The van der Waals surface area contributed by atoms with Crippen LogP contribution in [0.25, 0.3) is 0 Å². The zero-order chi connectivity index (χ0) is 21.9. The number of nitrogens with one attached hydrogen (secondary N) is 1. The van der Waals surface area contributed by atoms with Crippen molar-refractivity contribution in [3.05, 3.63) is 64.2 Å². The van der Waals surface area contributed by atoms with Crippen LogP contribution in [0.5, 0.6) is 0 Å². The van der Waals surface area contributed by atoms with Crippen LogP contribution in [0.4, 0.5) is 30.2 Å². The van der Waals surface area contributed by atoms with Crippen LogP contribution < -0.4 is 10.2 Å². The lowest BCUT2D eigenvalue weighted by molar-refractivity contribution is -0.384. The zero-order valence-electron chi connectivity index (χ0n) is 16.2. The van der Waals surface area contributed by atoms with Gasteiger partial charge < -0.3 is 10.2 Å². The summed E-state index contributed by atoms with van der Waals surface area (Å²) < 4.78 is 37.9. The number of halogens is 3. The number of alkyl halides is 3. The Hall–Kier alpha value is -3.14. The molecule has 0 bridgehead atoms. The molecule has 160 valence electrons. The largest absolute Gasteiger partial charge is 0.416 e. The highest BCUT2D eigenvalue weighted by Crippen LogP contribution is 2.30. The molecule has 0 aromatic heterocycles. The second-order valence-electron chi connectivity index (χ2n) is 7.04. The van der Waals surface area contributed by atoms with E-state index in [1.807, 2.05) is 4.90 Å². The Labute approximate surface area is 171 Å². The fraction of sp³-hybridized carbons (Fsp3) is 0.350. The highest BCUT2D eigenvalue weighted by Gasteiger charge is 2.30. The number of rotatable bonds is 5. The van der Waals surface area contributed by atoms with E-state index in [0.29, 0.717) is 31.9 Å². The van der Waals surface area contributed by atoms with Gasteiger partial charge in [0.05, 0.1) is 16.5 Å². The van der Waals surface area contributed by atoms with E-state index in [1.54, 1.807) is 19.1 Å². The van der Waals surface area contributed by atoms with E-state index in [2.05, 4.69) is 10.2 Å². The lowest BCUT2D eigenvalue weighted by Gasteiger charge is -2.38. The molecule has 1 aliphatic heterocycles. The molecule has 1 amide bonds. The van der Waals surface area contributed by atoms with Crippen molar-refractivity contribution in [3.63, 3.8) is 0 Å². The van der Waals surface area contributed by atoms with Crippen molar-refractivity contribution in [1.82, 2.24) is 4.90 Å². The second-order valence-corrected chi connectivity index (χ2v) is 7.04. The molecule has 0 saturated carbocycles. The molecule has 10 heteroatoms. The third-order valence-corrected chi connectivity index (χ3v) is 5.15. The van der Waals surface area contributed by atoms with Gasteiger partial charge >= 0.3 is 6.18 Å². The fourth-order valence-corrected chi connectivity index (χ4v) is 3.31. The molecule has 2 aromatic carbocycles. The molecule has 1 saturated heterocycles. The van der Waals surface area contributed by atoms with Gasteiger partial charge in [-0.2, -0.15) is 13.2 Å². The first kappa shape index (κ1) is 21.6. The number of amides is 1. The Morgan fingerprint density at radius 1 is 1.03 bits per heavy atom. The van der Waals surface area contributed by atoms with Gasteiger partial charge in [-0.1, -0.05) is 0 Å². The van der Waals surface area contributed by atoms with Crippen LogP contribution in [-0.4, -0.2) is 48.0 Å². The Bertz CT molecular complexity index is 893. The molecule has 0 spiro atoms. The number of carbonyl (C=O) groups is 1. The molecule has 1 aliphatic rings. The van der Waals surface area contributed by atoms with E-state index in [9.17, 15) is 28.1 Å². The van der Waals surface area contributed by atoms with Crippen molar-refractivity contribution >= 4 is 23.0 Å². The van der Waals surface area contributed by atoms with E-state index < -0.39 is 22.7 Å². The number of nitro benzene ring substituents is 1. The minimum absolute atomic E-state index is 0.0333. The van der Waals surface area contributed by atoms with Crippen molar-refractivity contribution < 1.29 is 22.9 Å². The number of nitro groups is 1. The first-order valence-corrected chi connectivity index (χ1v) is 9.37. The Balaban J connectivity index is 1.53. The summed E-state index contributed by atoms with van der Waals surface area (Å²) in [6.07, 6.45) is -4.42. The van der Waals surface area contributed by atoms with Crippen LogP contribution in [0.3, 0.4) is 0 Å². The Kier molecular flexibility index (Phi) is 6.25. The summed E-state index contributed by atoms with van der Waals surface area (Å²) in [5.74, 6) is -0.293. The molecule has 2 aromatic rings. The number of hydrogen-bond acceptors (Lipinski definition) is 5. The highest BCUT2D eigenvalue weighted by atomic mass is 19.4. The van der Waals surface area contributed by atoms with Gasteiger partial charge in [-0.3, -0.25) is 19.8 Å². The van der Waals surface area contributed by atoms with Crippen LogP contribution in [-0.2, 0) is 11.0 Å². The van der Waals surface area contributed by atoms with Gasteiger partial charge in [-0.05, 0) is 43.3 Å². The maximum Gasteiger partial charge on any atom is 0.416 e. The van der Waals surface area contributed by atoms with Crippen LogP contribution >= 0.6 is 0 Å². The number of piperazine rings is 1. The second kappa shape index (κ2) is 8.70. The van der Waals surface area contributed by atoms with Crippen LogP contribution in [0.15, 0.2) is 48.5 Å². The van der Waals surface area contributed by atoms with Gasteiger partial charge in [0.25, 0.3) is 5.69 Å². The van der Waals surface area contributed by atoms with Crippen LogP contribution in [0.1, 0.15) is 12.5 Å². The lowest BCUT2D eigenvalue weighted by atomic mass is 10.1. The molecule has 0 aliphatic carbocycles. The van der Waals surface area contributed by atoms with Gasteiger partial charge in [0, 0.05) is 49.7 Å². The quantitative estimate of drug-likeness (QED) is 0.586. The van der Waals surface area contributed by atoms with E-state index in [4.69, 9.17) is 0 Å². The molecule has 1 N–H and O–H groups in total. The summed E-state index contributed by atoms with van der Waals surface area (Å²) in [6, 6.07) is 10.2. The van der Waals surface area contributed by atoms with Crippen molar-refractivity contribution in [1.29, 1.82) is 0 Å². The zero-order valence-corrected chi connectivity index (χ0v) is 16.2. The molecular weight excluding hydrogens is 401 g/mol. The Morgan fingerprint density at radius 2 is 1.60 bits per heavy atom. The lowest BCUT2D eigenvalue weighted by Crippen LogP contribution is -2.52.